The number of hydrogen-bond donors (Lipinski definition) is 1. The maximum atomic E-state index is 11.5. The molecular weight excluding hydrogens is 509 g/mol. The van der Waals surface area contributed by atoms with Gasteiger partial charge in [0.25, 0.3) is 0 Å². The molecule has 1 spiro atoms. The Labute approximate surface area is 212 Å². The lowest BCUT2D eigenvalue weighted by molar-refractivity contribution is 0.227. The first kappa shape index (κ1) is 22.6. The van der Waals surface area contributed by atoms with Crippen LogP contribution in [-0.4, -0.2) is 53.2 Å². The van der Waals surface area contributed by atoms with Gasteiger partial charge in [-0.2, -0.15) is 5.10 Å². The molecule has 0 saturated carbocycles. The fraction of sp³-hybridized carbons (Fsp3) is 0.292. The highest BCUT2D eigenvalue weighted by atomic mass is 35.5. The van der Waals surface area contributed by atoms with Crippen molar-refractivity contribution in [1.29, 1.82) is 0 Å². The van der Waals surface area contributed by atoms with Gasteiger partial charge in [0.1, 0.15) is 23.4 Å². The molecule has 3 aromatic heterocycles. The van der Waals surface area contributed by atoms with Crippen molar-refractivity contribution in [1.82, 2.24) is 20.2 Å². The SMILES string of the molecule is C[C@@H](Oc1ccc2[nH]nc(-c3ccc(N4CC5(C4)CS(=O)(=O)C5)nc3)c2c1)c1c(Cl)cncc1Cl. The van der Waals surface area contributed by atoms with E-state index in [2.05, 4.69) is 25.1 Å². The molecule has 35 heavy (non-hydrogen) atoms. The van der Waals surface area contributed by atoms with E-state index in [1.807, 2.05) is 37.3 Å². The lowest BCUT2D eigenvalue weighted by atomic mass is 9.83. The standard InChI is InChI=1S/C24H21Cl2N5O3S/c1-14(22-18(25)8-27-9-19(22)26)34-16-3-4-20-17(6-16)23(30-29-20)15-2-5-21(28-7-15)31-10-24(11-31)12-35(32,33)13-24/h2-9,14H,10-13H2,1H3,(H,29,30)/t14-/m1/s1. The number of halogens is 2. The first-order valence-corrected chi connectivity index (χ1v) is 13.7. The van der Waals surface area contributed by atoms with Crippen LogP contribution in [-0.2, 0) is 9.84 Å². The van der Waals surface area contributed by atoms with Crippen molar-refractivity contribution in [2.75, 3.05) is 29.5 Å². The van der Waals surface area contributed by atoms with Gasteiger partial charge in [-0.1, -0.05) is 23.2 Å². The van der Waals surface area contributed by atoms with E-state index in [-0.39, 0.29) is 23.0 Å². The molecule has 0 bridgehead atoms. The summed E-state index contributed by atoms with van der Waals surface area (Å²) in [6.45, 7) is 3.35. The first-order valence-electron chi connectivity index (χ1n) is 11.1. The van der Waals surface area contributed by atoms with E-state index in [0.717, 1.165) is 41.1 Å². The molecule has 0 radical (unpaired) electrons. The van der Waals surface area contributed by atoms with Gasteiger partial charge in [-0.3, -0.25) is 10.1 Å². The van der Waals surface area contributed by atoms with Crippen LogP contribution in [0.15, 0.2) is 48.9 Å². The van der Waals surface area contributed by atoms with Gasteiger partial charge >= 0.3 is 0 Å². The molecule has 11 heteroatoms. The molecule has 4 aromatic rings. The van der Waals surface area contributed by atoms with E-state index in [9.17, 15) is 8.42 Å². The zero-order valence-electron chi connectivity index (χ0n) is 18.7. The second-order valence-corrected chi connectivity index (χ2v) is 12.2. The number of H-pyrrole nitrogens is 1. The fourth-order valence-corrected chi connectivity index (χ4v) is 7.89. The number of aromatic nitrogens is 4. The molecule has 2 fully saturated rings. The molecule has 2 aliphatic rings. The topological polar surface area (TPSA) is 101 Å². The summed E-state index contributed by atoms with van der Waals surface area (Å²) < 4.78 is 29.2. The summed E-state index contributed by atoms with van der Waals surface area (Å²) in [6.07, 6.45) is 4.51. The minimum absolute atomic E-state index is 0.0736. The summed E-state index contributed by atoms with van der Waals surface area (Å²) in [5.41, 5.74) is 3.12. The zero-order valence-corrected chi connectivity index (χ0v) is 21.0. The van der Waals surface area contributed by atoms with Gasteiger partial charge < -0.3 is 9.64 Å². The van der Waals surface area contributed by atoms with Crippen LogP contribution in [0.2, 0.25) is 10.0 Å². The van der Waals surface area contributed by atoms with Crippen LogP contribution in [0, 0.1) is 5.41 Å². The molecule has 0 amide bonds. The van der Waals surface area contributed by atoms with Crippen molar-refractivity contribution in [3.8, 4) is 17.0 Å². The highest BCUT2D eigenvalue weighted by Gasteiger charge is 2.56. The Hall–Kier alpha value is -2.88. The van der Waals surface area contributed by atoms with Crippen LogP contribution in [0.4, 0.5) is 5.82 Å². The second kappa shape index (κ2) is 8.08. The third-order valence-corrected chi connectivity index (χ3v) is 9.30. The summed E-state index contributed by atoms with van der Waals surface area (Å²) in [4.78, 5) is 10.7. The number of fused-ring (bicyclic) bond motifs is 1. The Bertz CT molecular complexity index is 1520. The molecule has 0 aliphatic carbocycles. The van der Waals surface area contributed by atoms with Crippen LogP contribution in [0.25, 0.3) is 22.2 Å². The number of ether oxygens (including phenoxy) is 1. The minimum Gasteiger partial charge on any atom is -0.486 e. The van der Waals surface area contributed by atoms with Crippen LogP contribution in [0.3, 0.4) is 0 Å². The van der Waals surface area contributed by atoms with Crippen molar-refractivity contribution in [2.24, 2.45) is 5.41 Å². The maximum Gasteiger partial charge on any atom is 0.151 e. The van der Waals surface area contributed by atoms with E-state index in [1.165, 1.54) is 0 Å². The summed E-state index contributed by atoms with van der Waals surface area (Å²) in [6, 6.07) is 9.64. The quantitative estimate of drug-likeness (QED) is 0.399. The van der Waals surface area contributed by atoms with E-state index in [1.54, 1.807) is 18.6 Å². The average Bonchev–Trinajstić information content (AvgIpc) is 3.19. The summed E-state index contributed by atoms with van der Waals surface area (Å²) >= 11 is 12.6. The Morgan fingerprint density at radius 1 is 1.09 bits per heavy atom. The van der Waals surface area contributed by atoms with Crippen molar-refractivity contribution in [3.05, 3.63) is 64.5 Å². The summed E-state index contributed by atoms with van der Waals surface area (Å²) in [7, 11) is -2.83. The predicted octanol–water partition coefficient (Wildman–Crippen LogP) is 4.70. The van der Waals surface area contributed by atoms with Gasteiger partial charge in [-0.05, 0) is 37.3 Å². The summed E-state index contributed by atoms with van der Waals surface area (Å²) in [5, 5.41) is 9.36. The lowest BCUT2D eigenvalue weighted by Crippen LogP contribution is -2.68. The maximum absolute atomic E-state index is 11.5. The summed E-state index contributed by atoms with van der Waals surface area (Å²) in [5.74, 6) is 2.07. The smallest absolute Gasteiger partial charge is 0.151 e. The van der Waals surface area contributed by atoms with Gasteiger partial charge in [-0.15, -0.1) is 0 Å². The van der Waals surface area contributed by atoms with Crippen molar-refractivity contribution >= 4 is 49.8 Å². The van der Waals surface area contributed by atoms with Crippen LogP contribution in [0.1, 0.15) is 18.6 Å². The minimum atomic E-state index is -2.83. The average molecular weight is 530 g/mol. The number of hydrogen-bond acceptors (Lipinski definition) is 7. The normalized spacial score (nSPS) is 18.8. The number of rotatable bonds is 5. The zero-order chi connectivity index (χ0) is 24.4. The highest BCUT2D eigenvalue weighted by molar-refractivity contribution is 7.92. The predicted molar refractivity (Wildman–Crippen MR) is 136 cm³/mol. The van der Waals surface area contributed by atoms with Crippen LogP contribution in [0.5, 0.6) is 5.75 Å². The molecule has 2 saturated heterocycles. The molecule has 8 nitrogen and oxygen atoms in total. The van der Waals surface area contributed by atoms with E-state index < -0.39 is 9.84 Å². The number of benzene rings is 1. The second-order valence-electron chi connectivity index (χ2n) is 9.35. The first-order chi connectivity index (χ1) is 16.7. The van der Waals surface area contributed by atoms with Crippen molar-refractivity contribution in [3.63, 3.8) is 0 Å². The largest absolute Gasteiger partial charge is 0.486 e. The molecule has 6 rings (SSSR count). The number of sulfone groups is 1. The van der Waals surface area contributed by atoms with Gasteiger partial charge in [-0.25, -0.2) is 13.4 Å². The van der Waals surface area contributed by atoms with Crippen LogP contribution < -0.4 is 9.64 Å². The van der Waals surface area contributed by atoms with Crippen molar-refractivity contribution < 1.29 is 13.2 Å². The molecule has 0 unspecified atom stereocenters. The highest BCUT2D eigenvalue weighted by Crippen LogP contribution is 2.43. The Morgan fingerprint density at radius 2 is 1.83 bits per heavy atom. The molecule has 1 aromatic carbocycles. The van der Waals surface area contributed by atoms with Gasteiger partial charge in [0, 0.05) is 53.6 Å². The molecule has 1 N–H and O–H groups in total. The van der Waals surface area contributed by atoms with Crippen molar-refractivity contribution in [2.45, 2.75) is 13.0 Å². The monoisotopic (exact) mass is 529 g/mol. The third kappa shape index (κ3) is 4.01. The van der Waals surface area contributed by atoms with E-state index >= 15 is 0 Å². The molecule has 1 atom stereocenters. The van der Waals surface area contributed by atoms with Gasteiger partial charge in [0.05, 0.1) is 27.1 Å². The number of pyridine rings is 2. The van der Waals surface area contributed by atoms with E-state index in [0.29, 0.717) is 21.4 Å². The Kier molecular flexibility index (Phi) is 5.21. The molecular formula is C24H21Cl2N5O3S. The number of nitrogens with zero attached hydrogens (tertiary/aromatic N) is 4. The molecule has 180 valence electrons. The Morgan fingerprint density at radius 3 is 2.49 bits per heavy atom. The number of nitrogens with one attached hydrogen (secondary N) is 1. The van der Waals surface area contributed by atoms with Gasteiger partial charge in [0.15, 0.2) is 9.84 Å². The number of anilines is 1. The lowest BCUT2D eigenvalue weighted by Gasteiger charge is -2.55. The third-order valence-electron chi connectivity index (χ3n) is 6.59. The van der Waals surface area contributed by atoms with E-state index in [4.69, 9.17) is 27.9 Å². The number of aromatic amines is 1. The van der Waals surface area contributed by atoms with Crippen LogP contribution >= 0.6 is 23.2 Å². The molecule has 2 aliphatic heterocycles. The van der Waals surface area contributed by atoms with Gasteiger partial charge in [0.2, 0.25) is 0 Å². The fourth-order valence-electron chi connectivity index (χ4n) is 5.07. The molecule has 5 heterocycles. The Balaban J connectivity index is 1.21.